The third-order valence-electron chi connectivity index (χ3n) is 4.62. The summed E-state index contributed by atoms with van der Waals surface area (Å²) in [7, 11) is 0. The van der Waals surface area contributed by atoms with Gasteiger partial charge in [0.05, 0.1) is 11.4 Å². The van der Waals surface area contributed by atoms with Gasteiger partial charge in [0.2, 0.25) is 5.91 Å². The van der Waals surface area contributed by atoms with Gasteiger partial charge in [-0.2, -0.15) is 0 Å². The van der Waals surface area contributed by atoms with Crippen LogP contribution in [-0.4, -0.2) is 34.4 Å². The molecule has 0 saturated carbocycles. The lowest BCUT2D eigenvalue weighted by Crippen LogP contribution is -2.48. The van der Waals surface area contributed by atoms with Gasteiger partial charge in [0, 0.05) is 18.0 Å². The Hall–Kier alpha value is -3.74. The zero-order valence-corrected chi connectivity index (χ0v) is 15.9. The highest BCUT2D eigenvalue weighted by Crippen LogP contribution is 2.28. The van der Waals surface area contributed by atoms with Crippen LogP contribution in [-0.2, 0) is 9.59 Å². The largest absolute Gasteiger partial charge is 0.481 e. The van der Waals surface area contributed by atoms with Crippen molar-refractivity contribution in [2.24, 2.45) is 0 Å². The molecular formula is C22H20N4O3. The van der Waals surface area contributed by atoms with Gasteiger partial charge in [0.1, 0.15) is 12.3 Å². The van der Waals surface area contributed by atoms with E-state index in [2.05, 4.69) is 15.3 Å². The molecule has 0 fully saturated rings. The fourth-order valence-electron chi connectivity index (χ4n) is 3.18. The zero-order chi connectivity index (χ0) is 20.2. The van der Waals surface area contributed by atoms with Gasteiger partial charge in [-0.1, -0.05) is 13.0 Å². The zero-order valence-electron chi connectivity index (χ0n) is 15.9. The molecule has 3 aromatic rings. The number of nitrogens with zero attached hydrogens (tertiary/aromatic N) is 3. The summed E-state index contributed by atoms with van der Waals surface area (Å²) < 4.78 is 5.95. The Morgan fingerprint density at radius 3 is 2.62 bits per heavy atom. The van der Waals surface area contributed by atoms with E-state index in [1.54, 1.807) is 24.5 Å². The molecule has 0 aliphatic carbocycles. The average Bonchev–Trinajstić information content (AvgIpc) is 2.77. The van der Waals surface area contributed by atoms with Crippen molar-refractivity contribution in [1.29, 1.82) is 0 Å². The molecule has 4 rings (SSSR count). The number of amides is 2. The number of anilines is 2. The van der Waals surface area contributed by atoms with Gasteiger partial charge >= 0.3 is 0 Å². The van der Waals surface area contributed by atoms with Crippen molar-refractivity contribution >= 4 is 23.3 Å². The molecule has 0 saturated heterocycles. The minimum atomic E-state index is -0.726. The number of ether oxygens (including phenoxy) is 1. The molecule has 1 atom stereocenters. The van der Waals surface area contributed by atoms with Crippen molar-refractivity contribution in [2.45, 2.75) is 19.4 Å². The summed E-state index contributed by atoms with van der Waals surface area (Å²) >= 11 is 0. The van der Waals surface area contributed by atoms with Crippen LogP contribution in [0, 0.1) is 0 Å². The topological polar surface area (TPSA) is 84.4 Å². The molecule has 1 aliphatic rings. The van der Waals surface area contributed by atoms with Crippen LogP contribution >= 0.6 is 0 Å². The second kappa shape index (κ2) is 8.10. The number of carbonyl (C=O) groups excluding carboxylic acids is 2. The van der Waals surface area contributed by atoms with Gasteiger partial charge in [0.15, 0.2) is 11.9 Å². The fourth-order valence-corrected chi connectivity index (χ4v) is 3.18. The highest BCUT2D eigenvalue weighted by molar-refractivity contribution is 6.10. The fraction of sp³-hybridized carbons (Fsp3) is 0.182. The first-order valence-corrected chi connectivity index (χ1v) is 9.40. The summed E-state index contributed by atoms with van der Waals surface area (Å²) in [6.07, 6.45) is 3.07. The molecule has 1 aromatic carbocycles. The highest BCUT2D eigenvalue weighted by atomic mass is 16.5. The van der Waals surface area contributed by atoms with Crippen molar-refractivity contribution in [3.63, 3.8) is 0 Å². The smallest absolute Gasteiger partial charge is 0.269 e. The number of aromatic nitrogens is 2. The van der Waals surface area contributed by atoms with Crippen LogP contribution < -0.4 is 15.0 Å². The molecule has 1 unspecified atom stereocenters. The Morgan fingerprint density at radius 2 is 1.90 bits per heavy atom. The molecule has 146 valence electrons. The van der Waals surface area contributed by atoms with E-state index in [0.717, 1.165) is 11.3 Å². The van der Waals surface area contributed by atoms with E-state index >= 15 is 0 Å². The maximum Gasteiger partial charge on any atom is 0.269 e. The third kappa shape index (κ3) is 3.94. The lowest BCUT2D eigenvalue weighted by atomic mass is 10.1. The Bertz CT molecular complexity index is 1020. The van der Waals surface area contributed by atoms with Crippen molar-refractivity contribution in [2.75, 3.05) is 16.8 Å². The number of hydrogen-bond acceptors (Lipinski definition) is 5. The number of carbonyl (C=O) groups is 2. The maximum atomic E-state index is 13.1. The molecule has 29 heavy (non-hydrogen) atoms. The number of fused-ring (bicyclic) bond motifs is 1. The van der Waals surface area contributed by atoms with Crippen LogP contribution in [0.25, 0.3) is 11.3 Å². The van der Waals surface area contributed by atoms with Gasteiger partial charge in [-0.05, 0) is 55.0 Å². The lowest BCUT2D eigenvalue weighted by molar-refractivity contribution is -0.127. The molecule has 0 bridgehead atoms. The van der Waals surface area contributed by atoms with Gasteiger partial charge in [-0.3, -0.25) is 19.5 Å². The van der Waals surface area contributed by atoms with Crippen LogP contribution in [0.4, 0.5) is 11.5 Å². The van der Waals surface area contributed by atoms with E-state index < -0.39 is 6.10 Å². The quantitative estimate of drug-likeness (QED) is 0.725. The van der Waals surface area contributed by atoms with Crippen LogP contribution in [0.15, 0.2) is 67.0 Å². The molecule has 3 heterocycles. The Morgan fingerprint density at radius 1 is 1.10 bits per heavy atom. The number of benzene rings is 1. The molecule has 7 heteroatoms. The first kappa shape index (κ1) is 18.6. The molecule has 1 aliphatic heterocycles. The Kier molecular flexibility index (Phi) is 5.20. The minimum absolute atomic E-state index is 0.0820. The van der Waals surface area contributed by atoms with Gasteiger partial charge < -0.3 is 10.1 Å². The molecule has 0 spiro atoms. The van der Waals surface area contributed by atoms with Crippen molar-refractivity contribution < 1.29 is 14.3 Å². The number of hydrogen-bond donors (Lipinski definition) is 1. The summed E-state index contributed by atoms with van der Waals surface area (Å²) in [5.41, 5.74) is 2.35. The Labute approximate surface area is 168 Å². The standard InChI is InChI=1S/C22H20N4O3/c1-2-19(22(28)26-14-20(27)25-18-7-5-13-24-21(18)26)29-16-10-8-15(9-11-16)17-6-3-4-12-23-17/h3-13,19H,2,14H2,1H3,(H,25,27). The Balaban J connectivity index is 1.52. The van der Waals surface area contributed by atoms with Gasteiger partial charge in [0.25, 0.3) is 5.91 Å². The third-order valence-corrected chi connectivity index (χ3v) is 4.62. The van der Waals surface area contributed by atoms with Crippen LogP contribution in [0.5, 0.6) is 5.75 Å². The normalized spacial score (nSPS) is 14.0. The number of rotatable bonds is 5. The summed E-state index contributed by atoms with van der Waals surface area (Å²) in [6.45, 7) is 1.79. The van der Waals surface area contributed by atoms with Crippen LogP contribution in [0.2, 0.25) is 0 Å². The maximum absolute atomic E-state index is 13.1. The summed E-state index contributed by atoms with van der Waals surface area (Å²) in [5, 5.41) is 2.73. The number of nitrogens with one attached hydrogen (secondary N) is 1. The number of pyridine rings is 2. The van der Waals surface area contributed by atoms with E-state index in [4.69, 9.17) is 4.74 Å². The van der Waals surface area contributed by atoms with E-state index in [9.17, 15) is 9.59 Å². The van der Waals surface area contributed by atoms with Crippen molar-refractivity contribution in [3.05, 3.63) is 67.0 Å². The first-order valence-electron chi connectivity index (χ1n) is 9.40. The molecule has 2 amide bonds. The van der Waals surface area contributed by atoms with Crippen LogP contribution in [0.3, 0.4) is 0 Å². The lowest BCUT2D eigenvalue weighted by Gasteiger charge is -2.30. The van der Waals surface area contributed by atoms with Crippen molar-refractivity contribution in [3.8, 4) is 17.0 Å². The molecule has 0 radical (unpaired) electrons. The molecule has 1 N–H and O–H groups in total. The monoisotopic (exact) mass is 388 g/mol. The molecular weight excluding hydrogens is 368 g/mol. The van der Waals surface area contributed by atoms with E-state index in [-0.39, 0.29) is 18.4 Å². The second-order valence-electron chi connectivity index (χ2n) is 6.60. The van der Waals surface area contributed by atoms with Gasteiger partial charge in [-0.15, -0.1) is 0 Å². The minimum Gasteiger partial charge on any atom is -0.481 e. The van der Waals surface area contributed by atoms with E-state index in [1.807, 2.05) is 49.4 Å². The van der Waals surface area contributed by atoms with E-state index in [1.165, 1.54) is 4.90 Å². The first-order chi connectivity index (χ1) is 14.2. The van der Waals surface area contributed by atoms with Crippen molar-refractivity contribution in [1.82, 2.24) is 9.97 Å². The summed E-state index contributed by atoms with van der Waals surface area (Å²) in [4.78, 5) is 35.1. The highest BCUT2D eigenvalue weighted by Gasteiger charge is 2.32. The van der Waals surface area contributed by atoms with Crippen LogP contribution in [0.1, 0.15) is 13.3 Å². The molecule has 2 aromatic heterocycles. The summed E-state index contributed by atoms with van der Waals surface area (Å²) in [6, 6.07) is 16.6. The predicted molar refractivity (Wildman–Crippen MR) is 110 cm³/mol. The SMILES string of the molecule is CCC(Oc1ccc(-c2ccccn2)cc1)C(=O)N1CC(=O)Nc2cccnc21. The second-order valence-corrected chi connectivity index (χ2v) is 6.60. The molecule has 7 nitrogen and oxygen atoms in total. The van der Waals surface area contributed by atoms with E-state index in [0.29, 0.717) is 23.7 Å². The summed E-state index contributed by atoms with van der Waals surface area (Å²) in [5.74, 6) is 0.460. The van der Waals surface area contributed by atoms with Gasteiger partial charge in [-0.25, -0.2) is 4.98 Å². The predicted octanol–water partition coefficient (Wildman–Crippen LogP) is 3.29. The average molecular weight is 388 g/mol.